The van der Waals surface area contributed by atoms with Gasteiger partial charge in [0, 0.05) is 28.9 Å². The first-order valence-corrected chi connectivity index (χ1v) is 11.5. The average Bonchev–Trinajstić information content (AvgIpc) is 3.38. The standard InChI is InChI=1S/C28H25N3O4/c1-28-25-24(18-11-4-6-12-20(18)29-25)19(17-10-5-8-14-22(17)34-2)16-30(28)27(33)31(26(28)32)21-13-7-9-15-23(21)35-3/h4-15,19,29H,16H2,1-3H3. The van der Waals surface area contributed by atoms with Crippen LogP contribution in [0.2, 0.25) is 0 Å². The fraction of sp³-hybridized carbons (Fsp3) is 0.214. The van der Waals surface area contributed by atoms with E-state index in [2.05, 4.69) is 11.1 Å². The maximum Gasteiger partial charge on any atom is 0.332 e. The normalized spacial score (nSPS) is 21.3. The highest BCUT2D eigenvalue weighted by molar-refractivity contribution is 6.24. The van der Waals surface area contributed by atoms with Crippen molar-refractivity contribution >= 4 is 28.5 Å². The van der Waals surface area contributed by atoms with Crippen LogP contribution in [0.4, 0.5) is 10.5 Å². The monoisotopic (exact) mass is 467 g/mol. The number of aromatic amines is 1. The number of H-pyrrole nitrogens is 1. The lowest BCUT2D eigenvalue weighted by Gasteiger charge is -2.40. The third kappa shape index (κ3) is 2.78. The van der Waals surface area contributed by atoms with E-state index >= 15 is 0 Å². The van der Waals surface area contributed by atoms with Gasteiger partial charge in [-0.3, -0.25) is 4.79 Å². The Morgan fingerprint density at radius 1 is 0.886 bits per heavy atom. The molecule has 35 heavy (non-hydrogen) atoms. The van der Waals surface area contributed by atoms with Gasteiger partial charge in [-0.25, -0.2) is 9.69 Å². The topological polar surface area (TPSA) is 74.9 Å². The van der Waals surface area contributed by atoms with Gasteiger partial charge in [-0.1, -0.05) is 48.5 Å². The Bertz CT molecular complexity index is 1490. The number of amides is 3. The molecule has 6 rings (SSSR count). The van der Waals surface area contributed by atoms with Crippen LogP contribution in [0.5, 0.6) is 11.5 Å². The summed E-state index contributed by atoms with van der Waals surface area (Å²) >= 11 is 0. The average molecular weight is 468 g/mol. The Morgan fingerprint density at radius 2 is 1.54 bits per heavy atom. The Labute approximate surface area is 202 Å². The number of carbonyl (C=O) groups excluding carboxylic acids is 2. The molecule has 2 aliphatic heterocycles. The molecule has 176 valence electrons. The van der Waals surface area contributed by atoms with Crippen LogP contribution in [0.25, 0.3) is 10.9 Å². The highest BCUT2D eigenvalue weighted by Gasteiger charge is 2.61. The molecule has 7 heteroatoms. The van der Waals surface area contributed by atoms with Gasteiger partial charge in [0.05, 0.1) is 25.6 Å². The minimum Gasteiger partial charge on any atom is -0.496 e. The summed E-state index contributed by atoms with van der Waals surface area (Å²) in [4.78, 5) is 34.4. The Kier molecular flexibility index (Phi) is 4.64. The number of aromatic nitrogens is 1. The van der Waals surface area contributed by atoms with Crippen molar-refractivity contribution in [3.63, 3.8) is 0 Å². The van der Waals surface area contributed by atoms with Crippen LogP contribution >= 0.6 is 0 Å². The van der Waals surface area contributed by atoms with Crippen molar-refractivity contribution in [1.82, 2.24) is 9.88 Å². The number of para-hydroxylation sites is 4. The third-order valence-corrected chi connectivity index (χ3v) is 7.37. The summed E-state index contributed by atoms with van der Waals surface area (Å²) < 4.78 is 11.2. The summed E-state index contributed by atoms with van der Waals surface area (Å²) in [5.74, 6) is 0.728. The van der Waals surface area contributed by atoms with Gasteiger partial charge in [0.2, 0.25) is 0 Å². The number of imide groups is 1. The van der Waals surface area contributed by atoms with Gasteiger partial charge in [-0.2, -0.15) is 0 Å². The smallest absolute Gasteiger partial charge is 0.332 e. The number of nitrogens with zero attached hydrogens (tertiary/aromatic N) is 2. The maximum atomic E-state index is 14.1. The number of rotatable bonds is 4. The van der Waals surface area contributed by atoms with Gasteiger partial charge in [-0.15, -0.1) is 0 Å². The molecule has 0 saturated carbocycles. The first-order chi connectivity index (χ1) is 17.0. The molecule has 1 N–H and O–H groups in total. The Morgan fingerprint density at radius 3 is 2.31 bits per heavy atom. The number of carbonyl (C=O) groups is 2. The quantitative estimate of drug-likeness (QED) is 0.428. The number of ether oxygens (including phenoxy) is 2. The van der Waals surface area contributed by atoms with Crippen LogP contribution in [0.3, 0.4) is 0 Å². The largest absolute Gasteiger partial charge is 0.496 e. The van der Waals surface area contributed by atoms with Gasteiger partial charge in [0.1, 0.15) is 11.5 Å². The molecule has 1 saturated heterocycles. The molecule has 0 spiro atoms. The zero-order valence-corrected chi connectivity index (χ0v) is 19.7. The maximum absolute atomic E-state index is 14.1. The zero-order chi connectivity index (χ0) is 24.3. The van der Waals surface area contributed by atoms with Gasteiger partial charge in [0.15, 0.2) is 5.54 Å². The molecule has 3 amide bonds. The Hall–Kier alpha value is -4.26. The summed E-state index contributed by atoms with van der Waals surface area (Å²) in [7, 11) is 3.18. The second kappa shape index (κ2) is 7.63. The number of urea groups is 1. The van der Waals surface area contributed by atoms with Crippen molar-refractivity contribution in [2.75, 3.05) is 25.7 Å². The van der Waals surface area contributed by atoms with Gasteiger partial charge >= 0.3 is 6.03 Å². The van der Waals surface area contributed by atoms with Gasteiger partial charge < -0.3 is 19.4 Å². The number of fused-ring (bicyclic) bond motifs is 5. The van der Waals surface area contributed by atoms with Crippen molar-refractivity contribution in [3.8, 4) is 11.5 Å². The number of hydrogen-bond acceptors (Lipinski definition) is 4. The molecular formula is C28H25N3O4. The molecule has 4 aromatic rings. The predicted molar refractivity (Wildman–Crippen MR) is 133 cm³/mol. The van der Waals surface area contributed by atoms with Gasteiger partial charge in [-0.05, 0) is 36.8 Å². The minimum absolute atomic E-state index is 0.181. The van der Waals surface area contributed by atoms with E-state index in [0.29, 0.717) is 18.0 Å². The van der Waals surface area contributed by atoms with E-state index in [1.54, 1.807) is 30.2 Å². The molecule has 0 bridgehead atoms. The number of methoxy groups -OCH3 is 2. The van der Waals surface area contributed by atoms with Crippen molar-refractivity contribution in [3.05, 3.63) is 89.6 Å². The van der Waals surface area contributed by atoms with Crippen LogP contribution < -0.4 is 14.4 Å². The van der Waals surface area contributed by atoms with E-state index in [1.807, 2.05) is 55.5 Å². The highest BCUT2D eigenvalue weighted by atomic mass is 16.5. The molecule has 0 aliphatic carbocycles. The molecule has 0 radical (unpaired) electrons. The summed E-state index contributed by atoms with van der Waals surface area (Å²) in [6.45, 7) is 2.16. The van der Waals surface area contributed by atoms with Crippen LogP contribution in [-0.4, -0.2) is 42.6 Å². The van der Waals surface area contributed by atoms with Crippen LogP contribution in [-0.2, 0) is 10.3 Å². The first-order valence-electron chi connectivity index (χ1n) is 11.5. The van der Waals surface area contributed by atoms with Gasteiger partial charge in [0.25, 0.3) is 5.91 Å². The second-order valence-electron chi connectivity index (χ2n) is 9.03. The fourth-order valence-electron chi connectivity index (χ4n) is 5.65. The SMILES string of the molecule is COc1ccccc1C1CN2C(=O)N(c3ccccc3OC)C(=O)C2(C)c2[nH]c3ccccc3c21. The van der Waals surface area contributed by atoms with Crippen LogP contribution in [0.15, 0.2) is 72.8 Å². The molecule has 3 heterocycles. The molecule has 1 aromatic heterocycles. The number of anilines is 1. The second-order valence-corrected chi connectivity index (χ2v) is 9.03. The number of benzene rings is 3. The summed E-state index contributed by atoms with van der Waals surface area (Å²) in [5, 5.41) is 1.04. The van der Waals surface area contributed by atoms with E-state index in [4.69, 9.17) is 9.47 Å². The summed E-state index contributed by atoms with van der Waals surface area (Å²) in [6.07, 6.45) is 0. The van der Waals surface area contributed by atoms with E-state index in [0.717, 1.165) is 33.5 Å². The van der Waals surface area contributed by atoms with E-state index < -0.39 is 5.54 Å². The Balaban J connectivity index is 1.60. The molecule has 2 aliphatic rings. The highest BCUT2D eigenvalue weighted by Crippen LogP contribution is 2.52. The van der Waals surface area contributed by atoms with E-state index in [9.17, 15) is 9.59 Å². The fourth-order valence-corrected chi connectivity index (χ4v) is 5.65. The summed E-state index contributed by atoms with van der Waals surface area (Å²) in [5.41, 5.74) is 2.90. The zero-order valence-electron chi connectivity index (χ0n) is 19.7. The van der Waals surface area contributed by atoms with E-state index in [1.165, 1.54) is 12.0 Å². The van der Waals surface area contributed by atoms with Crippen molar-refractivity contribution in [2.24, 2.45) is 0 Å². The molecular weight excluding hydrogens is 442 g/mol. The molecule has 7 nitrogen and oxygen atoms in total. The third-order valence-electron chi connectivity index (χ3n) is 7.37. The van der Waals surface area contributed by atoms with Crippen molar-refractivity contribution in [1.29, 1.82) is 0 Å². The van der Waals surface area contributed by atoms with Crippen molar-refractivity contribution < 1.29 is 19.1 Å². The van der Waals surface area contributed by atoms with Crippen molar-refractivity contribution in [2.45, 2.75) is 18.4 Å². The van der Waals surface area contributed by atoms with Crippen LogP contribution in [0, 0.1) is 0 Å². The van der Waals surface area contributed by atoms with E-state index in [-0.39, 0.29) is 17.9 Å². The molecule has 2 atom stereocenters. The lowest BCUT2D eigenvalue weighted by Crippen LogP contribution is -2.50. The lowest BCUT2D eigenvalue weighted by molar-refractivity contribution is -0.125. The number of hydrogen-bond donors (Lipinski definition) is 1. The molecule has 2 unspecified atom stereocenters. The minimum atomic E-state index is -1.19. The number of nitrogens with one attached hydrogen (secondary N) is 1. The first kappa shape index (κ1) is 21.3. The van der Waals surface area contributed by atoms with Crippen LogP contribution in [0.1, 0.15) is 29.7 Å². The molecule has 1 fully saturated rings. The summed E-state index contributed by atoms with van der Waals surface area (Å²) in [6, 6.07) is 22.6. The lowest BCUT2D eigenvalue weighted by atomic mass is 9.78. The predicted octanol–water partition coefficient (Wildman–Crippen LogP) is 5.01. The molecule has 3 aromatic carbocycles.